The van der Waals surface area contributed by atoms with Crippen molar-refractivity contribution in [2.45, 2.75) is 4.90 Å². The van der Waals surface area contributed by atoms with Crippen LogP contribution in [0.4, 0.5) is 0 Å². The van der Waals surface area contributed by atoms with Gasteiger partial charge in [0.05, 0.1) is 0 Å². The summed E-state index contributed by atoms with van der Waals surface area (Å²) in [6, 6.07) is 13.7. The molecule has 0 bridgehead atoms. The van der Waals surface area contributed by atoms with Crippen molar-refractivity contribution in [3.63, 3.8) is 0 Å². The lowest BCUT2D eigenvalue weighted by Crippen LogP contribution is -2.01. The van der Waals surface area contributed by atoms with E-state index >= 15 is 0 Å². The van der Waals surface area contributed by atoms with Crippen molar-refractivity contribution >= 4 is 26.0 Å². The van der Waals surface area contributed by atoms with Crippen LogP contribution in [0.2, 0.25) is 0 Å². The fourth-order valence-electron chi connectivity index (χ4n) is 1.60. The molecule has 0 radical (unpaired) electrons. The first-order valence-corrected chi connectivity index (χ1v) is 7.05. The topological polar surface area (TPSA) is 54.4 Å². The minimum Gasteiger partial charge on any atom is -0.282 e. The second-order valence-corrected chi connectivity index (χ2v) is 5.70. The van der Waals surface area contributed by atoms with Crippen molar-refractivity contribution < 1.29 is 13.0 Å². The molecule has 0 saturated heterocycles. The molecule has 17 heavy (non-hydrogen) atoms. The molecule has 0 amide bonds. The summed E-state index contributed by atoms with van der Waals surface area (Å²) in [5, 5.41) is 0. The van der Waals surface area contributed by atoms with E-state index < -0.39 is 10.1 Å². The minimum absolute atomic E-state index is 0.0990. The Hall–Kier alpha value is -1.17. The van der Waals surface area contributed by atoms with Crippen LogP contribution < -0.4 is 0 Å². The summed E-state index contributed by atoms with van der Waals surface area (Å²) in [5.41, 5.74) is 1.20. The summed E-state index contributed by atoms with van der Waals surface area (Å²) in [4.78, 5) is -0.0990. The predicted octanol–water partition coefficient (Wildman–Crippen LogP) is 3.36. The van der Waals surface area contributed by atoms with E-state index in [2.05, 4.69) is 15.9 Å². The van der Waals surface area contributed by atoms with Crippen molar-refractivity contribution in [2.75, 3.05) is 0 Å². The van der Waals surface area contributed by atoms with Gasteiger partial charge in [0.2, 0.25) is 0 Å². The van der Waals surface area contributed by atoms with Crippen molar-refractivity contribution in [1.82, 2.24) is 0 Å². The maximum absolute atomic E-state index is 11.3. The van der Waals surface area contributed by atoms with Crippen molar-refractivity contribution in [3.05, 3.63) is 53.0 Å². The maximum atomic E-state index is 11.3. The zero-order valence-corrected chi connectivity index (χ0v) is 11.1. The van der Waals surface area contributed by atoms with E-state index in [9.17, 15) is 13.0 Å². The first-order valence-electron chi connectivity index (χ1n) is 4.81. The Labute approximate surface area is 108 Å². The SMILES string of the molecule is O=S(=O)(O)c1cccc(Br)c1-c1ccccc1. The molecule has 0 saturated carbocycles. The van der Waals surface area contributed by atoms with Gasteiger partial charge in [-0.3, -0.25) is 4.55 Å². The standard InChI is InChI=1S/C12H9BrO3S/c13-10-7-4-8-11(17(14,15)16)12(10)9-5-2-1-3-6-9/h1-8H,(H,14,15,16). The average Bonchev–Trinajstić information content (AvgIpc) is 2.28. The van der Waals surface area contributed by atoms with Crippen molar-refractivity contribution in [2.24, 2.45) is 0 Å². The summed E-state index contributed by atoms with van der Waals surface area (Å²) in [5.74, 6) is 0. The number of hydrogen-bond acceptors (Lipinski definition) is 2. The molecule has 0 spiro atoms. The van der Waals surface area contributed by atoms with E-state index in [0.29, 0.717) is 10.0 Å². The van der Waals surface area contributed by atoms with Crippen LogP contribution in [0, 0.1) is 0 Å². The Balaban J connectivity index is 2.78. The summed E-state index contributed by atoms with van der Waals surface area (Å²) < 4.78 is 32.5. The monoisotopic (exact) mass is 312 g/mol. The van der Waals surface area contributed by atoms with Gasteiger partial charge in [0.25, 0.3) is 10.1 Å². The second-order valence-electron chi connectivity index (χ2n) is 3.45. The summed E-state index contributed by atoms with van der Waals surface area (Å²) >= 11 is 3.30. The van der Waals surface area contributed by atoms with E-state index in [1.165, 1.54) is 6.07 Å². The zero-order valence-electron chi connectivity index (χ0n) is 8.67. The third-order valence-electron chi connectivity index (χ3n) is 2.32. The maximum Gasteiger partial charge on any atom is 0.295 e. The smallest absolute Gasteiger partial charge is 0.282 e. The molecular formula is C12H9BrO3S. The molecule has 88 valence electrons. The van der Waals surface area contributed by atoms with Crippen LogP contribution in [-0.4, -0.2) is 13.0 Å². The molecule has 1 N–H and O–H groups in total. The van der Waals surface area contributed by atoms with Gasteiger partial charge in [-0.15, -0.1) is 0 Å². The van der Waals surface area contributed by atoms with Gasteiger partial charge in [-0.05, 0) is 17.7 Å². The van der Waals surface area contributed by atoms with Crippen molar-refractivity contribution in [3.8, 4) is 11.1 Å². The Morgan fingerprint density at radius 1 is 0.941 bits per heavy atom. The summed E-state index contributed by atoms with van der Waals surface area (Å²) in [7, 11) is -4.23. The lowest BCUT2D eigenvalue weighted by molar-refractivity contribution is 0.483. The molecule has 0 aliphatic heterocycles. The van der Waals surface area contributed by atoms with E-state index in [1.807, 2.05) is 18.2 Å². The minimum atomic E-state index is -4.23. The largest absolute Gasteiger partial charge is 0.295 e. The Morgan fingerprint density at radius 3 is 2.18 bits per heavy atom. The van der Waals surface area contributed by atoms with Gasteiger partial charge in [-0.1, -0.05) is 52.3 Å². The van der Waals surface area contributed by atoms with Crippen LogP contribution in [0.25, 0.3) is 11.1 Å². The third-order valence-corrected chi connectivity index (χ3v) is 3.87. The fourth-order valence-corrected chi connectivity index (χ4v) is 3.07. The number of hydrogen-bond donors (Lipinski definition) is 1. The molecule has 2 rings (SSSR count). The summed E-state index contributed by atoms with van der Waals surface area (Å²) in [6.07, 6.45) is 0. The fraction of sp³-hybridized carbons (Fsp3) is 0. The second kappa shape index (κ2) is 4.60. The highest BCUT2D eigenvalue weighted by Crippen LogP contribution is 2.33. The molecule has 3 nitrogen and oxygen atoms in total. The van der Waals surface area contributed by atoms with Gasteiger partial charge in [0, 0.05) is 10.0 Å². The summed E-state index contributed by atoms with van der Waals surface area (Å²) in [6.45, 7) is 0. The predicted molar refractivity (Wildman–Crippen MR) is 69.4 cm³/mol. The van der Waals surface area contributed by atoms with Crippen LogP contribution in [0.3, 0.4) is 0 Å². The lowest BCUT2D eigenvalue weighted by atomic mass is 10.1. The molecule has 2 aromatic rings. The number of halogens is 1. The van der Waals surface area contributed by atoms with Gasteiger partial charge < -0.3 is 0 Å². The molecule has 0 unspecified atom stereocenters. The zero-order chi connectivity index (χ0) is 12.5. The first kappa shape index (κ1) is 12.3. The Morgan fingerprint density at radius 2 is 1.59 bits per heavy atom. The van der Waals surface area contributed by atoms with Gasteiger partial charge in [0.15, 0.2) is 0 Å². The molecule has 0 aliphatic carbocycles. The van der Waals surface area contributed by atoms with E-state index in [1.54, 1.807) is 24.3 Å². The Bertz CT molecular complexity index is 636. The highest BCUT2D eigenvalue weighted by molar-refractivity contribution is 9.10. The van der Waals surface area contributed by atoms with Crippen LogP contribution in [0.5, 0.6) is 0 Å². The molecule has 0 aromatic heterocycles. The third kappa shape index (κ3) is 2.57. The van der Waals surface area contributed by atoms with Crippen LogP contribution in [0.15, 0.2) is 57.9 Å². The average molecular weight is 313 g/mol. The van der Waals surface area contributed by atoms with Gasteiger partial charge in [0.1, 0.15) is 4.90 Å². The highest BCUT2D eigenvalue weighted by Gasteiger charge is 2.18. The molecule has 0 atom stereocenters. The quantitative estimate of drug-likeness (QED) is 0.865. The lowest BCUT2D eigenvalue weighted by Gasteiger charge is -2.09. The highest BCUT2D eigenvalue weighted by atomic mass is 79.9. The molecular weight excluding hydrogens is 304 g/mol. The molecule has 5 heteroatoms. The van der Waals surface area contributed by atoms with Gasteiger partial charge >= 0.3 is 0 Å². The van der Waals surface area contributed by atoms with Crippen molar-refractivity contribution in [1.29, 1.82) is 0 Å². The Kier molecular flexibility index (Phi) is 3.33. The molecule has 0 fully saturated rings. The molecule has 2 aromatic carbocycles. The number of benzene rings is 2. The molecule has 0 aliphatic rings. The van der Waals surface area contributed by atoms with Gasteiger partial charge in [-0.25, -0.2) is 0 Å². The first-order chi connectivity index (χ1) is 8.00. The van der Waals surface area contributed by atoms with E-state index in [-0.39, 0.29) is 4.90 Å². The normalized spacial score (nSPS) is 11.4. The van der Waals surface area contributed by atoms with Crippen LogP contribution in [0.1, 0.15) is 0 Å². The van der Waals surface area contributed by atoms with E-state index in [0.717, 1.165) is 5.56 Å². The van der Waals surface area contributed by atoms with E-state index in [4.69, 9.17) is 0 Å². The van der Waals surface area contributed by atoms with Gasteiger partial charge in [-0.2, -0.15) is 8.42 Å². The van der Waals surface area contributed by atoms with Crippen LogP contribution >= 0.6 is 15.9 Å². The number of rotatable bonds is 2. The molecule has 0 heterocycles. The van der Waals surface area contributed by atoms with Crippen LogP contribution in [-0.2, 0) is 10.1 Å².